The second kappa shape index (κ2) is 5.81. The summed E-state index contributed by atoms with van der Waals surface area (Å²) in [5, 5.41) is 2.97. The van der Waals surface area contributed by atoms with Crippen molar-refractivity contribution in [1.29, 1.82) is 0 Å². The largest absolute Gasteiger partial charge is 0.469 e. The molecule has 5 nitrogen and oxygen atoms in total. The lowest BCUT2D eigenvalue weighted by molar-refractivity contribution is -0.139. The van der Waals surface area contributed by atoms with E-state index in [4.69, 9.17) is 11.6 Å². The van der Waals surface area contributed by atoms with Gasteiger partial charge in [0.05, 0.1) is 19.2 Å². The Labute approximate surface area is 102 Å². The van der Waals surface area contributed by atoms with Crippen LogP contribution in [0.15, 0.2) is 0 Å². The minimum absolute atomic E-state index is 0.120. The van der Waals surface area contributed by atoms with Crippen molar-refractivity contribution in [2.75, 3.05) is 18.3 Å². The minimum atomic E-state index is -0.332. The highest BCUT2D eigenvalue weighted by atomic mass is 35.5. The topological polar surface area (TPSA) is 68.3 Å². The molecular formula is C9H11ClN2O3S. The van der Waals surface area contributed by atoms with E-state index >= 15 is 0 Å². The monoisotopic (exact) mass is 262 g/mol. The third-order valence-electron chi connectivity index (χ3n) is 1.79. The number of methoxy groups -OCH3 is 1. The Morgan fingerprint density at radius 1 is 1.56 bits per heavy atom. The van der Waals surface area contributed by atoms with Gasteiger partial charge in [0.1, 0.15) is 5.88 Å². The van der Waals surface area contributed by atoms with Crippen molar-refractivity contribution in [3.63, 3.8) is 0 Å². The number of carbonyl (C=O) groups is 2. The number of rotatable bonds is 4. The Kier molecular flexibility index (Phi) is 4.70. The number of carbonyl (C=O) groups excluding carboxylic acids is 2. The standard InChI is InChI=1S/C9H11ClN2O3S/c1-5-6(3-8(14)15-2)16-9(11-5)12-7(13)4-10/h3-4H2,1-2H3,(H,11,12,13). The molecule has 0 radical (unpaired) electrons. The third-order valence-corrected chi connectivity index (χ3v) is 3.11. The zero-order chi connectivity index (χ0) is 12.1. The molecule has 1 aromatic rings. The van der Waals surface area contributed by atoms with Crippen LogP contribution >= 0.6 is 22.9 Å². The summed E-state index contributed by atoms with van der Waals surface area (Å²) in [5.74, 6) is -0.771. The zero-order valence-corrected chi connectivity index (χ0v) is 10.4. The third kappa shape index (κ3) is 3.46. The molecule has 1 heterocycles. The second-order valence-electron chi connectivity index (χ2n) is 2.96. The van der Waals surface area contributed by atoms with Crippen LogP contribution in [0.5, 0.6) is 0 Å². The van der Waals surface area contributed by atoms with Crippen molar-refractivity contribution in [1.82, 2.24) is 4.98 Å². The summed E-state index contributed by atoms with van der Waals surface area (Å²) in [7, 11) is 1.33. The highest BCUT2D eigenvalue weighted by Crippen LogP contribution is 2.23. The SMILES string of the molecule is COC(=O)Cc1sc(NC(=O)CCl)nc1C. The number of hydrogen-bond acceptors (Lipinski definition) is 5. The Bertz CT molecular complexity index is 405. The van der Waals surface area contributed by atoms with Crippen molar-refractivity contribution < 1.29 is 14.3 Å². The number of aromatic nitrogens is 1. The molecule has 0 aliphatic heterocycles. The van der Waals surface area contributed by atoms with Gasteiger partial charge in [-0.05, 0) is 6.92 Å². The molecule has 0 aromatic carbocycles. The first kappa shape index (κ1) is 12.9. The fourth-order valence-electron chi connectivity index (χ4n) is 1.00. The van der Waals surface area contributed by atoms with Gasteiger partial charge in [0.2, 0.25) is 5.91 Å². The van der Waals surface area contributed by atoms with Gasteiger partial charge in [0, 0.05) is 4.88 Å². The van der Waals surface area contributed by atoms with Crippen LogP contribution in [0, 0.1) is 6.92 Å². The van der Waals surface area contributed by atoms with Crippen LogP contribution in [-0.4, -0.2) is 29.9 Å². The number of alkyl halides is 1. The van der Waals surface area contributed by atoms with Crippen LogP contribution in [0.1, 0.15) is 10.6 Å². The van der Waals surface area contributed by atoms with Crippen molar-refractivity contribution >= 4 is 39.9 Å². The number of hydrogen-bond donors (Lipinski definition) is 1. The molecule has 0 bridgehead atoms. The van der Waals surface area contributed by atoms with Gasteiger partial charge < -0.3 is 10.1 Å². The molecule has 1 N–H and O–H groups in total. The smallest absolute Gasteiger partial charge is 0.310 e. The molecule has 0 unspecified atom stereocenters. The molecule has 0 saturated carbocycles. The summed E-state index contributed by atoms with van der Waals surface area (Å²) in [6, 6.07) is 0. The summed E-state index contributed by atoms with van der Waals surface area (Å²) in [4.78, 5) is 27.0. The Hall–Kier alpha value is -1.14. The molecule has 7 heteroatoms. The highest BCUT2D eigenvalue weighted by Gasteiger charge is 2.13. The number of nitrogens with zero attached hydrogens (tertiary/aromatic N) is 1. The van der Waals surface area contributed by atoms with Gasteiger partial charge in [-0.3, -0.25) is 9.59 Å². The van der Waals surface area contributed by atoms with Crippen LogP contribution in [0.25, 0.3) is 0 Å². The van der Waals surface area contributed by atoms with Gasteiger partial charge >= 0.3 is 5.97 Å². The Balaban J connectivity index is 2.73. The van der Waals surface area contributed by atoms with Gasteiger partial charge in [0.15, 0.2) is 5.13 Å². The molecule has 88 valence electrons. The van der Waals surface area contributed by atoms with E-state index < -0.39 is 0 Å². The Morgan fingerprint density at radius 2 is 2.25 bits per heavy atom. The normalized spacial score (nSPS) is 9.94. The van der Waals surface area contributed by atoms with Crippen LogP contribution in [0.2, 0.25) is 0 Å². The molecule has 16 heavy (non-hydrogen) atoms. The molecule has 1 aromatic heterocycles. The number of halogens is 1. The molecule has 0 spiro atoms. The average Bonchev–Trinajstić information content (AvgIpc) is 2.58. The number of nitrogens with one attached hydrogen (secondary N) is 1. The number of amides is 1. The maximum atomic E-state index is 11.1. The van der Waals surface area contributed by atoms with E-state index in [2.05, 4.69) is 15.0 Å². The lowest BCUT2D eigenvalue weighted by atomic mass is 10.3. The summed E-state index contributed by atoms with van der Waals surface area (Å²) in [5.41, 5.74) is 0.709. The average molecular weight is 263 g/mol. The van der Waals surface area contributed by atoms with E-state index in [-0.39, 0.29) is 24.2 Å². The molecule has 0 fully saturated rings. The fourth-order valence-corrected chi connectivity index (χ4v) is 2.03. The van der Waals surface area contributed by atoms with Crippen molar-refractivity contribution in [2.45, 2.75) is 13.3 Å². The molecule has 1 amide bonds. The lowest BCUT2D eigenvalue weighted by Crippen LogP contribution is -2.12. The first-order valence-electron chi connectivity index (χ1n) is 4.45. The first-order chi connectivity index (χ1) is 7.56. The van der Waals surface area contributed by atoms with E-state index in [1.807, 2.05) is 0 Å². The number of aryl methyl sites for hydroxylation is 1. The summed E-state index contributed by atoms with van der Waals surface area (Å²) < 4.78 is 4.55. The van der Waals surface area contributed by atoms with Gasteiger partial charge in [-0.1, -0.05) is 0 Å². The van der Waals surface area contributed by atoms with Crippen LogP contribution in [-0.2, 0) is 20.7 Å². The van der Waals surface area contributed by atoms with Gasteiger partial charge in [0.25, 0.3) is 0 Å². The van der Waals surface area contributed by atoms with Crippen LogP contribution < -0.4 is 5.32 Å². The zero-order valence-electron chi connectivity index (χ0n) is 8.87. The van der Waals surface area contributed by atoms with E-state index in [0.29, 0.717) is 10.8 Å². The van der Waals surface area contributed by atoms with E-state index in [0.717, 1.165) is 4.88 Å². The van der Waals surface area contributed by atoms with Gasteiger partial charge in [-0.15, -0.1) is 22.9 Å². The summed E-state index contributed by atoms with van der Waals surface area (Å²) in [6.07, 6.45) is 0.163. The highest BCUT2D eigenvalue weighted by molar-refractivity contribution is 7.16. The summed E-state index contributed by atoms with van der Waals surface area (Å²) >= 11 is 6.59. The van der Waals surface area contributed by atoms with Gasteiger partial charge in [-0.25, -0.2) is 4.98 Å². The predicted octanol–water partition coefficient (Wildman–Crippen LogP) is 1.34. The second-order valence-corrected chi connectivity index (χ2v) is 4.31. The number of ether oxygens (including phenoxy) is 1. The van der Waals surface area contributed by atoms with Crippen LogP contribution in [0.3, 0.4) is 0 Å². The molecule has 0 saturated heterocycles. The van der Waals surface area contributed by atoms with E-state index in [9.17, 15) is 9.59 Å². The van der Waals surface area contributed by atoms with Crippen molar-refractivity contribution in [3.05, 3.63) is 10.6 Å². The van der Waals surface area contributed by atoms with Crippen LogP contribution in [0.4, 0.5) is 5.13 Å². The molecule has 0 atom stereocenters. The Morgan fingerprint density at radius 3 is 2.81 bits per heavy atom. The van der Waals surface area contributed by atoms with Crippen molar-refractivity contribution in [3.8, 4) is 0 Å². The molecule has 0 aliphatic carbocycles. The van der Waals surface area contributed by atoms with E-state index in [1.165, 1.54) is 18.4 Å². The maximum absolute atomic E-state index is 11.1. The molecular weight excluding hydrogens is 252 g/mol. The molecule has 0 aliphatic rings. The fraction of sp³-hybridized carbons (Fsp3) is 0.444. The quantitative estimate of drug-likeness (QED) is 0.657. The maximum Gasteiger partial charge on any atom is 0.310 e. The van der Waals surface area contributed by atoms with Crippen molar-refractivity contribution in [2.24, 2.45) is 0 Å². The number of thiazole rings is 1. The van der Waals surface area contributed by atoms with E-state index in [1.54, 1.807) is 6.92 Å². The minimum Gasteiger partial charge on any atom is -0.469 e. The summed E-state index contributed by atoms with van der Waals surface area (Å²) in [6.45, 7) is 1.77. The molecule has 1 rings (SSSR count). The first-order valence-corrected chi connectivity index (χ1v) is 5.81. The lowest BCUT2D eigenvalue weighted by Gasteiger charge is -1.96. The number of esters is 1. The number of anilines is 1. The predicted molar refractivity (Wildman–Crippen MR) is 61.9 cm³/mol. The van der Waals surface area contributed by atoms with Gasteiger partial charge in [-0.2, -0.15) is 0 Å².